The summed E-state index contributed by atoms with van der Waals surface area (Å²) in [5.74, 6) is 2.16. The monoisotopic (exact) mass is 413 g/mol. The highest BCUT2D eigenvalue weighted by atomic mass is 16.5. The average molecular weight is 413 g/mol. The van der Waals surface area contributed by atoms with Crippen LogP contribution >= 0.6 is 0 Å². The number of aryl methyl sites for hydroxylation is 4. The second-order valence-corrected chi connectivity index (χ2v) is 7.86. The number of ether oxygens (including phenoxy) is 1. The van der Waals surface area contributed by atoms with Gasteiger partial charge in [-0.3, -0.25) is 4.79 Å². The Kier molecular flexibility index (Phi) is 5.46. The third-order valence-electron chi connectivity index (χ3n) is 5.87. The minimum absolute atomic E-state index is 0.109. The van der Waals surface area contributed by atoms with E-state index in [-0.39, 0.29) is 11.9 Å². The lowest BCUT2D eigenvalue weighted by molar-refractivity contribution is 0.0775. The number of methoxy groups -OCH3 is 1. The summed E-state index contributed by atoms with van der Waals surface area (Å²) in [6, 6.07) is 0.167. The standard InChI is InChI=1S/C21H27N5O4/c1-12-9-22-19(11-28-5)26(12)16-6-7-25(10-16)21(27)20-18(15(4)30-24-20)8-17-13(2)23-29-14(17)3/h9,16H,6-8,10-11H2,1-5H3. The Labute approximate surface area is 175 Å². The van der Waals surface area contributed by atoms with E-state index in [1.54, 1.807) is 7.11 Å². The van der Waals surface area contributed by atoms with Crippen molar-refractivity contribution >= 4 is 5.91 Å². The van der Waals surface area contributed by atoms with E-state index >= 15 is 0 Å². The van der Waals surface area contributed by atoms with Gasteiger partial charge in [-0.1, -0.05) is 10.3 Å². The van der Waals surface area contributed by atoms with Gasteiger partial charge < -0.3 is 23.3 Å². The van der Waals surface area contributed by atoms with Crippen molar-refractivity contribution < 1.29 is 18.6 Å². The summed E-state index contributed by atoms with van der Waals surface area (Å²) in [6.45, 7) is 9.33. The van der Waals surface area contributed by atoms with Gasteiger partial charge in [0.05, 0.1) is 11.7 Å². The van der Waals surface area contributed by atoms with Crippen molar-refractivity contribution in [2.75, 3.05) is 20.2 Å². The molecule has 1 aliphatic heterocycles. The van der Waals surface area contributed by atoms with E-state index in [0.717, 1.165) is 40.5 Å². The first-order valence-electron chi connectivity index (χ1n) is 10.1. The Morgan fingerprint density at radius 3 is 2.60 bits per heavy atom. The molecule has 0 bridgehead atoms. The maximum absolute atomic E-state index is 13.3. The number of aromatic nitrogens is 4. The molecular weight excluding hydrogens is 386 g/mol. The Bertz CT molecular complexity index is 1040. The molecule has 1 atom stereocenters. The fraction of sp³-hybridized carbons (Fsp3) is 0.524. The Morgan fingerprint density at radius 1 is 1.17 bits per heavy atom. The first kappa shape index (κ1) is 20.3. The van der Waals surface area contributed by atoms with Crippen LogP contribution in [0.25, 0.3) is 0 Å². The molecular formula is C21H27N5O4. The summed E-state index contributed by atoms with van der Waals surface area (Å²) >= 11 is 0. The molecule has 0 spiro atoms. The van der Waals surface area contributed by atoms with Crippen LogP contribution in [-0.4, -0.2) is 50.9 Å². The topological polar surface area (TPSA) is 99.4 Å². The van der Waals surface area contributed by atoms with Crippen molar-refractivity contribution in [2.45, 2.75) is 53.2 Å². The van der Waals surface area contributed by atoms with Gasteiger partial charge in [-0.2, -0.15) is 0 Å². The molecule has 30 heavy (non-hydrogen) atoms. The lowest BCUT2D eigenvalue weighted by atomic mass is 10.0. The summed E-state index contributed by atoms with van der Waals surface area (Å²) in [5, 5.41) is 8.10. The van der Waals surface area contributed by atoms with E-state index in [4.69, 9.17) is 13.8 Å². The van der Waals surface area contributed by atoms with E-state index in [9.17, 15) is 4.79 Å². The molecule has 1 saturated heterocycles. The smallest absolute Gasteiger partial charge is 0.276 e. The van der Waals surface area contributed by atoms with Crippen molar-refractivity contribution in [2.24, 2.45) is 0 Å². The van der Waals surface area contributed by atoms with Crippen LogP contribution in [0.5, 0.6) is 0 Å². The molecule has 0 radical (unpaired) electrons. The molecule has 160 valence electrons. The lowest BCUT2D eigenvalue weighted by Crippen LogP contribution is -2.30. The SMILES string of the molecule is COCc1ncc(C)n1C1CCN(C(=O)c2noc(C)c2Cc2c(C)noc2C)C1. The van der Waals surface area contributed by atoms with E-state index in [0.29, 0.717) is 37.6 Å². The Hall–Kier alpha value is -2.94. The number of likely N-dealkylation sites (tertiary alicyclic amines) is 1. The molecule has 1 amide bonds. The van der Waals surface area contributed by atoms with Crippen LogP contribution in [0, 0.1) is 27.7 Å². The number of amides is 1. The maximum Gasteiger partial charge on any atom is 0.276 e. The summed E-state index contributed by atoms with van der Waals surface area (Å²) in [6.07, 6.45) is 3.21. The van der Waals surface area contributed by atoms with Gasteiger partial charge in [0.1, 0.15) is 24.0 Å². The normalized spacial score (nSPS) is 16.6. The van der Waals surface area contributed by atoms with E-state index in [1.807, 2.05) is 38.8 Å². The number of carbonyl (C=O) groups is 1. The van der Waals surface area contributed by atoms with Gasteiger partial charge >= 0.3 is 0 Å². The minimum atomic E-state index is -0.109. The first-order valence-corrected chi connectivity index (χ1v) is 10.1. The third-order valence-corrected chi connectivity index (χ3v) is 5.87. The highest BCUT2D eigenvalue weighted by Gasteiger charge is 2.33. The van der Waals surface area contributed by atoms with Crippen molar-refractivity contribution in [1.82, 2.24) is 24.8 Å². The Balaban J connectivity index is 1.55. The fourth-order valence-corrected chi connectivity index (χ4v) is 4.22. The molecule has 3 aromatic heterocycles. The third kappa shape index (κ3) is 3.54. The van der Waals surface area contributed by atoms with Gasteiger partial charge in [-0.05, 0) is 34.1 Å². The number of hydrogen-bond donors (Lipinski definition) is 0. The molecule has 9 heteroatoms. The molecule has 0 N–H and O–H groups in total. The van der Waals surface area contributed by atoms with Crippen molar-refractivity contribution in [3.8, 4) is 0 Å². The van der Waals surface area contributed by atoms with E-state index < -0.39 is 0 Å². The number of nitrogens with zero attached hydrogens (tertiary/aromatic N) is 5. The van der Waals surface area contributed by atoms with E-state index in [1.165, 1.54) is 0 Å². The van der Waals surface area contributed by atoms with Crippen molar-refractivity contribution in [1.29, 1.82) is 0 Å². The van der Waals surface area contributed by atoms with Crippen LogP contribution in [0.15, 0.2) is 15.2 Å². The minimum Gasteiger partial charge on any atom is -0.377 e. The van der Waals surface area contributed by atoms with Crippen LogP contribution in [0.4, 0.5) is 0 Å². The number of imidazole rings is 1. The maximum atomic E-state index is 13.3. The first-order chi connectivity index (χ1) is 14.4. The van der Waals surface area contributed by atoms with Gasteiger partial charge in [0, 0.05) is 49.6 Å². The molecule has 0 aliphatic carbocycles. The second-order valence-electron chi connectivity index (χ2n) is 7.86. The molecule has 9 nitrogen and oxygen atoms in total. The van der Waals surface area contributed by atoms with Gasteiger partial charge in [-0.25, -0.2) is 4.98 Å². The number of rotatable bonds is 6. The fourth-order valence-electron chi connectivity index (χ4n) is 4.22. The highest BCUT2D eigenvalue weighted by Crippen LogP contribution is 2.28. The molecule has 4 heterocycles. The molecule has 0 saturated carbocycles. The van der Waals surface area contributed by atoms with Crippen LogP contribution in [0.2, 0.25) is 0 Å². The van der Waals surface area contributed by atoms with Gasteiger partial charge in [0.2, 0.25) is 0 Å². The lowest BCUT2D eigenvalue weighted by Gasteiger charge is -2.19. The molecule has 4 rings (SSSR count). The quantitative estimate of drug-likeness (QED) is 0.612. The summed E-state index contributed by atoms with van der Waals surface area (Å²) in [4.78, 5) is 19.6. The summed E-state index contributed by atoms with van der Waals surface area (Å²) in [5.41, 5.74) is 4.00. The molecule has 1 fully saturated rings. The Morgan fingerprint density at radius 2 is 1.90 bits per heavy atom. The molecule has 3 aromatic rings. The second kappa shape index (κ2) is 8.06. The number of hydrogen-bond acceptors (Lipinski definition) is 7. The molecule has 1 unspecified atom stereocenters. The highest BCUT2D eigenvalue weighted by molar-refractivity contribution is 5.94. The van der Waals surface area contributed by atoms with Crippen LogP contribution in [0.3, 0.4) is 0 Å². The molecule has 0 aromatic carbocycles. The van der Waals surface area contributed by atoms with Crippen LogP contribution < -0.4 is 0 Å². The van der Waals surface area contributed by atoms with E-state index in [2.05, 4.69) is 19.9 Å². The van der Waals surface area contributed by atoms with Crippen LogP contribution in [0.1, 0.15) is 62.8 Å². The van der Waals surface area contributed by atoms with Gasteiger partial charge in [0.25, 0.3) is 5.91 Å². The zero-order chi connectivity index (χ0) is 21.4. The summed E-state index contributed by atoms with van der Waals surface area (Å²) < 4.78 is 18.1. The average Bonchev–Trinajstić information content (AvgIpc) is 3.48. The predicted molar refractivity (Wildman–Crippen MR) is 107 cm³/mol. The zero-order valence-electron chi connectivity index (χ0n) is 18.1. The largest absolute Gasteiger partial charge is 0.377 e. The van der Waals surface area contributed by atoms with Gasteiger partial charge in [0.15, 0.2) is 5.69 Å². The number of carbonyl (C=O) groups excluding carboxylic acids is 1. The molecule has 1 aliphatic rings. The van der Waals surface area contributed by atoms with Gasteiger partial charge in [-0.15, -0.1) is 0 Å². The van der Waals surface area contributed by atoms with Crippen LogP contribution in [-0.2, 0) is 17.8 Å². The summed E-state index contributed by atoms with van der Waals surface area (Å²) in [7, 11) is 1.66. The van der Waals surface area contributed by atoms with Crippen molar-refractivity contribution in [3.05, 3.63) is 51.8 Å². The van der Waals surface area contributed by atoms with Crippen molar-refractivity contribution in [3.63, 3.8) is 0 Å². The zero-order valence-corrected chi connectivity index (χ0v) is 18.1. The predicted octanol–water partition coefficient (Wildman–Crippen LogP) is 2.92.